The van der Waals surface area contributed by atoms with Crippen molar-refractivity contribution < 1.29 is 14.1 Å². The zero-order valence-corrected chi connectivity index (χ0v) is 19.1. The lowest BCUT2D eigenvalue weighted by atomic mass is 9.93. The zero-order valence-electron chi connectivity index (χ0n) is 18.3. The molecule has 31 heavy (non-hydrogen) atoms. The summed E-state index contributed by atoms with van der Waals surface area (Å²) in [5.41, 5.74) is 1.07. The van der Waals surface area contributed by atoms with Crippen LogP contribution in [0.2, 0.25) is 0 Å². The van der Waals surface area contributed by atoms with Gasteiger partial charge in [-0.2, -0.15) is 4.98 Å². The number of carbonyl (C=O) groups excluding carboxylic acids is 2. The molecule has 3 aromatic rings. The summed E-state index contributed by atoms with van der Waals surface area (Å²) in [4.78, 5) is 34.6. The van der Waals surface area contributed by atoms with Crippen molar-refractivity contribution in [3.63, 3.8) is 0 Å². The van der Waals surface area contributed by atoms with E-state index in [4.69, 9.17) is 4.52 Å². The molecule has 0 aliphatic carbocycles. The molecule has 0 radical (unpaired) electrons. The molecule has 1 aliphatic rings. The number of benzene rings is 1. The third kappa shape index (κ3) is 4.63. The third-order valence-electron chi connectivity index (χ3n) is 5.81. The lowest BCUT2D eigenvalue weighted by molar-refractivity contribution is -0.134. The second kappa shape index (κ2) is 9.18. The number of fused-ring (bicyclic) bond motifs is 1. The Hall–Kier alpha value is -2.74. The molecule has 1 atom stereocenters. The first-order valence-electron chi connectivity index (χ1n) is 10.7. The number of nitrogens with zero attached hydrogens (tertiary/aromatic N) is 4. The van der Waals surface area contributed by atoms with Crippen LogP contribution in [0, 0.1) is 6.92 Å². The largest absolute Gasteiger partial charge is 0.344 e. The molecule has 1 saturated heterocycles. The first-order valence-corrected chi connectivity index (χ1v) is 11.6. The molecule has 1 aromatic carbocycles. The maximum Gasteiger partial charge on any atom is 0.263 e. The number of hydrogen-bond acceptors (Lipinski definition) is 6. The Kier molecular flexibility index (Phi) is 6.36. The van der Waals surface area contributed by atoms with E-state index in [0.717, 1.165) is 46.3 Å². The van der Waals surface area contributed by atoms with Gasteiger partial charge in [0.15, 0.2) is 5.82 Å². The third-order valence-corrected chi connectivity index (χ3v) is 7.01. The summed E-state index contributed by atoms with van der Waals surface area (Å²) in [5.74, 6) is 1.22. The van der Waals surface area contributed by atoms with Crippen molar-refractivity contribution in [2.24, 2.45) is 0 Å². The minimum absolute atomic E-state index is 0.0247. The smallest absolute Gasteiger partial charge is 0.263 e. The predicted octanol–water partition coefficient (Wildman–Crippen LogP) is 3.85. The van der Waals surface area contributed by atoms with Gasteiger partial charge in [0.25, 0.3) is 5.91 Å². The van der Waals surface area contributed by atoms with Gasteiger partial charge < -0.3 is 14.3 Å². The van der Waals surface area contributed by atoms with E-state index in [1.807, 2.05) is 17.0 Å². The fourth-order valence-electron chi connectivity index (χ4n) is 4.25. The second-order valence-corrected chi connectivity index (χ2v) is 9.33. The Morgan fingerprint density at radius 2 is 2.06 bits per heavy atom. The van der Waals surface area contributed by atoms with Crippen molar-refractivity contribution in [3.8, 4) is 0 Å². The molecule has 0 bridgehead atoms. The Morgan fingerprint density at radius 3 is 2.81 bits per heavy atom. The second-order valence-electron chi connectivity index (χ2n) is 8.28. The van der Waals surface area contributed by atoms with Crippen LogP contribution in [0.4, 0.5) is 0 Å². The number of aromatic nitrogens is 2. The zero-order chi connectivity index (χ0) is 22.0. The van der Waals surface area contributed by atoms with Crippen LogP contribution >= 0.6 is 11.3 Å². The molecule has 0 unspecified atom stereocenters. The molecular formula is C23H28N4O3S. The minimum atomic E-state index is 0.0247. The Morgan fingerprint density at radius 1 is 1.26 bits per heavy atom. The van der Waals surface area contributed by atoms with Crippen LogP contribution in [0.15, 0.2) is 28.8 Å². The van der Waals surface area contributed by atoms with Crippen LogP contribution in [-0.2, 0) is 17.6 Å². The standard InChI is InChI=1S/C23H28N4O3S/c1-15-24-20(30-25-15)11-12-21(28)27-13-7-6-8-16(27)14-18-17-9-4-5-10-19(17)31-22(18)23(29)26(2)3/h4-5,9-10,16H,6-8,11-14H2,1-3H3/t16-/m0/s1. The maximum atomic E-state index is 13.1. The summed E-state index contributed by atoms with van der Waals surface area (Å²) in [6.45, 7) is 2.53. The minimum Gasteiger partial charge on any atom is -0.344 e. The number of thiophene rings is 1. The highest BCUT2D eigenvalue weighted by Gasteiger charge is 2.30. The van der Waals surface area contributed by atoms with E-state index >= 15 is 0 Å². The normalized spacial score (nSPS) is 16.6. The topological polar surface area (TPSA) is 79.5 Å². The molecule has 2 amide bonds. The Labute approximate surface area is 186 Å². The van der Waals surface area contributed by atoms with E-state index in [2.05, 4.69) is 22.3 Å². The highest BCUT2D eigenvalue weighted by Crippen LogP contribution is 2.35. The number of piperidine rings is 1. The van der Waals surface area contributed by atoms with Crippen molar-refractivity contribution in [2.45, 2.75) is 51.5 Å². The van der Waals surface area contributed by atoms with E-state index < -0.39 is 0 Å². The van der Waals surface area contributed by atoms with E-state index in [1.54, 1.807) is 37.3 Å². The Bertz CT molecular complexity index is 1090. The van der Waals surface area contributed by atoms with Crippen molar-refractivity contribution in [2.75, 3.05) is 20.6 Å². The predicted molar refractivity (Wildman–Crippen MR) is 120 cm³/mol. The number of amides is 2. The summed E-state index contributed by atoms with van der Waals surface area (Å²) in [7, 11) is 3.57. The number of carbonyl (C=O) groups is 2. The van der Waals surface area contributed by atoms with E-state index in [9.17, 15) is 9.59 Å². The summed E-state index contributed by atoms with van der Waals surface area (Å²) < 4.78 is 6.27. The number of rotatable bonds is 6. The van der Waals surface area contributed by atoms with Crippen molar-refractivity contribution in [1.29, 1.82) is 0 Å². The molecule has 1 fully saturated rings. The highest BCUT2D eigenvalue weighted by atomic mass is 32.1. The molecule has 0 N–H and O–H groups in total. The quantitative estimate of drug-likeness (QED) is 0.582. The van der Waals surface area contributed by atoms with Gasteiger partial charge in [-0.25, -0.2) is 0 Å². The van der Waals surface area contributed by atoms with Gasteiger partial charge in [0, 0.05) is 44.2 Å². The molecule has 2 aromatic heterocycles. The van der Waals surface area contributed by atoms with Crippen LogP contribution < -0.4 is 0 Å². The lowest BCUT2D eigenvalue weighted by Crippen LogP contribution is -2.45. The highest BCUT2D eigenvalue weighted by molar-refractivity contribution is 7.21. The SMILES string of the molecule is Cc1noc(CCC(=O)N2CCCC[C@H]2Cc2c(C(=O)N(C)C)sc3ccccc23)n1. The van der Waals surface area contributed by atoms with Gasteiger partial charge in [0.2, 0.25) is 11.8 Å². The molecule has 0 spiro atoms. The van der Waals surface area contributed by atoms with Gasteiger partial charge in [0.05, 0.1) is 4.88 Å². The van der Waals surface area contributed by atoms with Crippen LogP contribution in [0.5, 0.6) is 0 Å². The van der Waals surface area contributed by atoms with Gasteiger partial charge in [-0.15, -0.1) is 11.3 Å². The van der Waals surface area contributed by atoms with E-state index in [0.29, 0.717) is 31.0 Å². The van der Waals surface area contributed by atoms with Crippen molar-refractivity contribution in [3.05, 3.63) is 46.4 Å². The van der Waals surface area contributed by atoms with Gasteiger partial charge in [-0.3, -0.25) is 9.59 Å². The van der Waals surface area contributed by atoms with Gasteiger partial charge in [0.1, 0.15) is 0 Å². The van der Waals surface area contributed by atoms with E-state index in [1.165, 1.54) is 0 Å². The van der Waals surface area contributed by atoms with Gasteiger partial charge in [-0.1, -0.05) is 23.4 Å². The fraction of sp³-hybridized carbons (Fsp3) is 0.478. The van der Waals surface area contributed by atoms with Crippen LogP contribution in [0.1, 0.15) is 52.6 Å². The number of likely N-dealkylation sites (tertiary alicyclic amines) is 1. The summed E-state index contributed by atoms with van der Waals surface area (Å²) in [6.07, 6.45) is 4.56. The first kappa shape index (κ1) is 21.5. The molecule has 164 valence electrons. The van der Waals surface area contributed by atoms with Gasteiger partial charge in [-0.05, 0) is 49.6 Å². The van der Waals surface area contributed by atoms with Crippen LogP contribution in [0.25, 0.3) is 10.1 Å². The summed E-state index contributed by atoms with van der Waals surface area (Å²) >= 11 is 1.55. The summed E-state index contributed by atoms with van der Waals surface area (Å²) in [6, 6.07) is 8.25. The summed E-state index contributed by atoms with van der Waals surface area (Å²) in [5, 5.41) is 4.92. The van der Waals surface area contributed by atoms with Crippen LogP contribution in [0.3, 0.4) is 0 Å². The monoisotopic (exact) mass is 440 g/mol. The molecular weight excluding hydrogens is 412 g/mol. The Balaban J connectivity index is 1.56. The average Bonchev–Trinajstić information content (AvgIpc) is 3.35. The molecule has 7 nitrogen and oxygen atoms in total. The van der Waals surface area contributed by atoms with Crippen LogP contribution in [-0.4, -0.2) is 58.4 Å². The number of hydrogen-bond donors (Lipinski definition) is 0. The van der Waals surface area contributed by atoms with Crippen molar-refractivity contribution in [1.82, 2.24) is 19.9 Å². The molecule has 4 rings (SSSR count). The maximum absolute atomic E-state index is 13.1. The lowest BCUT2D eigenvalue weighted by Gasteiger charge is -2.36. The fourth-order valence-corrected chi connectivity index (χ4v) is 5.51. The van der Waals surface area contributed by atoms with Crippen molar-refractivity contribution >= 4 is 33.2 Å². The first-order chi connectivity index (χ1) is 14.9. The molecule has 0 saturated carbocycles. The molecule has 8 heteroatoms. The molecule has 3 heterocycles. The average molecular weight is 441 g/mol. The van der Waals surface area contributed by atoms with E-state index in [-0.39, 0.29) is 17.9 Å². The molecule has 1 aliphatic heterocycles. The van der Waals surface area contributed by atoms with Gasteiger partial charge >= 0.3 is 0 Å². The number of aryl methyl sites for hydroxylation is 2.